The molecular weight excluding hydrogens is 290 g/mol. The van der Waals surface area contributed by atoms with Crippen molar-refractivity contribution in [3.63, 3.8) is 0 Å². The number of benzene rings is 2. The molecule has 0 bridgehead atoms. The minimum atomic E-state index is -3.72. The SMILES string of the molecule is CON(COCc1ccccc1)S(=O)(=O)c1ccccc1. The zero-order chi connectivity index (χ0) is 15.1. The molecule has 0 N–H and O–H groups in total. The molecule has 0 radical (unpaired) electrons. The molecule has 0 aromatic heterocycles. The number of rotatable bonds is 7. The molecule has 0 unspecified atom stereocenters. The minimum absolute atomic E-state index is 0.162. The van der Waals surface area contributed by atoms with E-state index in [9.17, 15) is 8.42 Å². The van der Waals surface area contributed by atoms with Crippen LogP contribution in [0.25, 0.3) is 0 Å². The first-order valence-electron chi connectivity index (χ1n) is 6.38. The summed E-state index contributed by atoms with van der Waals surface area (Å²) >= 11 is 0. The molecule has 21 heavy (non-hydrogen) atoms. The predicted octanol–water partition coefficient (Wildman–Crippen LogP) is 2.41. The molecule has 6 heteroatoms. The lowest BCUT2D eigenvalue weighted by Crippen LogP contribution is -2.32. The first-order chi connectivity index (χ1) is 10.1. The van der Waals surface area contributed by atoms with Crippen LogP contribution in [0, 0.1) is 0 Å². The molecule has 0 amide bonds. The van der Waals surface area contributed by atoms with E-state index in [-0.39, 0.29) is 11.6 Å². The highest BCUT2D eigenvalue weighted by Crippen LogP contribution is 2.15. The van der Waals surface area contributed by atoms with Crippen LogP contribution in [0.4, 0.5) is 0 Å². The molecule has 0 spiro atoms. The third kappa shape index (κ3) is 4.12. The Morgan fingerprint density at radius 2 is 1.52 bits per heavy atom. The van der Waals surface area contributed by atoms with Gasteiger partial charge in [0.15, 0.2) is 0 Å². The number of nitrogens with zero attached hydrogens (tertiary/aromatic N) is 1. The fourth-order valence-electron chi connectivity index (χ4n) is 1.74. The van der Waals surface area contributed by atoms with Gasteiger partial charge in [-0.25, -0.2) is 8.42 Å². The summed E-state index contributed by atoms with van der Waals surface area (Å²) in [6.45, 7) is 0.133. The lowest BCUT2D eigenvalue weighted by atomic mass is 10.2. The number of ether oxygens (including phenoxy) is 1. The van der Waals surface area contributed by atoms with Crippen molar-refractivity contribution >= 4 is 10.0 Å². The topological polar surface area (TPSA) is 55.8 Å². The van der Waals surface area contributed by atoms with Crippen LogP contribution in [0.5, 0.6) is 0 Å². The largest absolute Gasteiger partial charge is 0.358 e. The van der Waals surface area contributed by atoms with Crippen molar-refractivity contribution in [2.24, 2.45) is 0 Å². The van der Waals surface area contributed by atoms with Crippen LogP contribution in [-0.2, 0) is 26.2 Å². The third-order valence-corrected chi connectivity index (χ3v) is 4.48. The maximum Gasteiger partial charge on any atom is 0.267 e. The summed E-state index contributed by atoms with van der Waals surface area (Å²) < 4.78 is 30.9. The van der Waals surface area contributed by atoms with Gasteiger partial charge in [0.1, 0.15) is 6.73 Å². The number of hydrogen-bond acceptors (Lipinski definition) is 4. The Labute approximate surface area is 124 Å². The molecule has 2 aromatic carbocycles. The molecule has 0 aliphatic heterocycles. The van der Waals surface area contributed by atoms with Crippen LogP contribution >= 0.6 is 0 Å². The van der Waals surface area contributed by atoms with E-state index < -0.39 is 10.0 Å². The van der Waals surface area contributed by atoms with E-state index in [0.717, 1.165) is 10.0 Å². The predicted molar refractivity (Wildman–Crippen MR) is 78.6 cm³/mol. The molecule has 0 saturated carbocycles. The molecule has 0 saturated heterocycles. The van der Waals surface area contributed by atoms with E-state index in [1.807, 2.05) is 30.3 Å². The second-order valence-electron chi connectivity index (χ2n) is 4.27. The van der Waals surface area contributed by atoms with Gasteiger partial charge in [0.25, 0.3) is 10.0 Å². The summed E-state index contributed by atoms with van der Waals surface area (Å²) in [4.78, 5) is 5.09. The van der Waals surface area contributed by atoms with Gasteiger partial charge in [-0.05, 0) is 17.7 Å². The summed E-state index contributed by atoms with van der Waals surface area (Å²) in [5.41, 5.74) is 0.964. The van der Waals surface area contributed by atoms with E-state index in [1.54, 1.807) is 18.2 Å². The van der Waals surface area contributed by atoms with Crippen LogP contribution in [0.1, 0.15) is 5.56 Å². The highest BCUT2D eigenvalue weighted by atomic mass is 32.2. The maximum atomic E-state index is 12.3. The van der Waals surface area contributed by atoms with Gasteiger partial charge in [0.05, 0.1) is 18.6 Å². The molecule has 0 atom stereocenters. The fourth-order valence-corrected chi connectivity index (χ4v) is 2.89. The molecule has 5 nitrogen and oxygen atoms in total. The fraction of sp³-hybridized carbons (Fsp3) is 0.200. The van der Waals surface area contributed by atoms with Gasteiger partial charge in [-0.3, -0.25) is 4.84 Å². The lowest BCUT2D eigenvalue weighted by Gasteiger charge is -2.19. The number of hydroxylamine groups is 1. The Hall–Kier alpha value is -1.73. The zero-order valence-electron chi connectivity index (χ0n) is 11.7. The Morgan fingerprint density at radius 3 is 2.10 bits per heavy atom. The molecule has 2 aromatic rings. The lowest BCUT2D eigenvalue weighted by molar-refractivity contribution is -0.122. The van der Waals surface area contributed by atoms with Gasteiger partial charge >= 0.3 is 0 Å². The van der Waals surface area contributed by atoms with Crippen molar-refractivity contribution in [1.29, 1.82) is 0 Å². The first-order valence-corrected chi connectivity index (χ1v) is 7.82. The highest BCUT2D eigenvalue weighted by Gasteiger charge is 2.24. The van der Waals surface area contributed by atoms with E-state index in [4.69, 9.17) is 9.57 Å². The van der Waals surface area contributed by atoms with Crippen LogP contribution in [0.2, 0.25) is 0 Å². The Morgan fingerprint density at radius 1 is 0.952 bits per heavy atom. The normalized spacial score (nSPS) is 11.7. The molecule has 0 aliphatic rings. The van der Waals surface area contributed by atoms with E-state index in [0.29, 0.717) is 6.61 Å². The van der Waals surface area contributed by atoms with Crippen molar-refractivity contribution in [1.82, 2.24) is 4.47 Å². The van der Waals surface area contributed by atoms with Crippen molar-refractivity contribution < 1.29 is 18.0 Å². The number of sulfonamides is 1. The molecular formula is C15H17NO4S. The molecule has 2 rings (SSSR count). The van der Waals surface area contributed by atoms with Gasteiger partial charge in [-0.2, -0.15) is 0 Å². The van der Waals surface area contributed by atoms with Crippen LogP contribution in [-0.4, -0.2) is 26.7 Å². The minimum Gasteiger partial charge on any atom is -0.358 e. The summed E-state index contributed by atoms with van der Waals surface area (Å²) in [6, 6.07) is 17.6. The zero-order valence-corrected chi connectivity index (χ0v) is 12.5. The standard InChI is InChI=1S/C15H17NO4S/c1-19-16(13-20-12-14-8-4-2-5-9-14)21(17,18)15-10-6-3-7-11-15/h2-11H,12-13H2,1H3. The highest BCUT2D eigenvalue weighted by molar-refractivity contribution is 7.89. The van der Waals surface area contributed by atoms with Crippen LogP contribution in [0.15, 0.2) is 65.6 Å². The van der Waals surface area contributed by atoms with E-state index in [2.05, 4.69) is 0 Å². The van der Waals surface area contributed by atoms with Crippen molar-refractivity contribution in [3.8, 4) is 0 Å². The quantitative estimate of drug-likeness (QED) is 0.582. The van der Waals surface area contributed by atoms with Crippen LogP contribution in [0.3, 0.4) is 0 Å². The average Bonchev–Trinajstić information content (AvgIpc) is 2.53. The smallest absolute Gasteiger partial charge is 0.267 e. The van der Waals surface area contributed by atoms with Crippen molar-refractivity contribution in [2.45, 2.75) is 11.5 Å². The van der Waals surface area contributed by atoms with Gasteiger partial charge in [-0.15, -0.1) is 0 Å². The Bertz CT molecular complexity index is 644. The second kappa shape index (κ2) is 7.33. The average molecular weight is 307 g/mol. The van der Waals surface area contributed by atoms with Gasteiger partial charge in [0.2, 0.25) is 0 Å². The molecule has 0 fully saturated rings. The van der Waals surface area contributed by atoms with Crippen molar-refractivity contribution in [3.05, 3.63) is 66.2 Å². The summed E-state index contributed by atoms with van der Waals surface area (Å²) in [6.07, 6.45) is 0. The van der Waals surface area contributed by atoms with Gasteiger partial charge in [-0.1, -0.05) is 53.0 Å². The number of hydrogen-bond donors (Lipinski definition) is 0. The third-order valence-electron chi connectivity index (χ3n) is 2.82. The summed E-state index contributed by atoms with van der Waals surface area (Å²) in [7, 11) is -2.42. The summed E-state index contributed by atoms with van der Waals surface area (Å²) in [5, 5.41) is 0. The Balaban J connectivity index is 2.00. The first kappa shape index (κ1) is 15.7. The van der Waals surface area contributed by atoms with E-state index >= 15 is 0 Å². The van der Waals surface area contributed by atoms with Gasteiger partial charge < -0.3 is 4.74 Å². The monoisotopic (exact) mass is 307 g/mol. The van der Waals surface area contributed by atoms with Crippen molar-refractivity contribution in [2.75, 3.05) is 13.8 Å². The second-order valence-corrected chi connectivity index (χ2v) is 6.10. The maximum absolute atomic E-state index is 12.3. The Kier molecular flexibility index (Phi) is 5.46. The molecule has 0 aliphatic carbocycles. The molecule has 0 heterocycles. The summed E-state index contributed by atoms with van der Waals surface area (Å²) in [5.74, 6) is 0. The van der Waals surface area contributed by atoms with Crippen LogP contribution < -0.4 is 0 Å². The van der Waals surface area contributed by atoms with Gasteiger partial charge in [0, 0.05) is 0 Å². The van der Waals surface area contributed by atoms with E-state index in [1.165, 1.54) is 19.2 Å². The molecule has 112 valence electrons.